The maximum absolute atomic E-state index is 12.0. The van der Waals surface area contributed by atoms with Crippen LogP contribution < -0.4 is 5.32 Å². The summed E-state index contributed by atoms with van der Waals surface area (Å²) in [4.78, 5) is 24.8. The number of nitrogens with one attached hydrogen (secondary N) is 1. The van der Waals surface area contributed by atoms with Gasteiger partial charge in [-0.1, -0.05) is 19.1 Å². The molecular formula is C17H24N2O3. The molecule has 1 aromatic carbocycles. The van der Waals surface area contributed by atoms with Crippen LogP contribution in [0.4, 0.5) is 0 Å². The summed E-state index contributed by atoms with van der Waals surface area (Å²) >= 11 is 0. The summed E-state index contributed by atoms with van der Waals surface area (Å²) in [6, 6.07) is 6.43. The van der Waals surface area contributed by atoms with E-state index >= 15 is 0 Å². The van der Waals surface area contributed by atoms with Gasteiger partial charge in [0.25, 0.3) is 5.91 Å². The van der Waals surface area contributed by atoms with E-state index in [1.807, 2.05) is 0 Å². The van der Waals surface area contributed by atoms with Crippen molar-refractivity contribution < 1.29 is 14.7 Å². The summed E-state index contributed by atoms with van der Waals surface area (Å²) < 4.78 is 0. The lowest BCUT2D eigenvalue weighted by Gasteiger charge is -2.31. The van der Waals surface area contributed by atoms with Crippen molar-refractivity contribution in [3.05, 3.63) is 35.4 Å². The second-order valence-corrected chi connectivity index (χ2v) is 6.09. The number of piperidine rings is 1. The van der Waals surface area contributed by atoms with Gasteiger partial charge in [0.15, 0.2) is 0 Å². The fourth-order valence-electron chi connectivity index (χ4n) is 2.63. The minimum absolute atomic E-state index is 0.233. The van der Waals surface area contributed by atoms with Gasteiger partial charge >= 0.3 is 0 Å². The molecule has 0 aliphatic carbocycles. The number of aliphatic hydroxyl groups is 1. The van der Waals surface area contributed by atoms with Crippen molar-refractivity contribution in [1.82, 2.24) is 10.2 Å². The number of nitrogens with zero attached hydrogens (tertiary/aromatic N) is 1. The van der Waals surface area contributed by atoms with E-state index in [1.165, 1.54) is 12.8 Å². The van der Waals surface area contributed by atoms with Gasteiger partial charge in [-0.3, -0.25) is 9.59 Å². The van der Waals surface area contributed by atoms with E-state index in [4.69, 9.17) is 0 Å². The normalized spacial score (nSPS) is 17.9. The highest BCUT2D eigenvalue weighted by molar-refractivity contribution is 5.94. The monoisotopic (exact) mass is 304 g/mol. The summed E-state index contributed by atoms with van der Waals surface area (Å²) in [7, 11) is 0. The Kier molecular flexibility index (Phi) is 6.10. The van der Waals surface area contributed by atoms with Gasteiger partial charge in [-0.25, -0.2) is 0 Å². The van der Waals surface area contributed by atoms with Crippen LogP contribution in [0.2, 0.25) is 0 Å². The van der Waals surface area contributed by atoms with Gasteiger partial charge in [0, 0.05) is 24.2 Å². The maximum Gasteiger partial charge on any atom is 0.251 e. The Morgan fingerprint density at radius 1 is 1.36 bits per heavy atom. The van der Waals surface area contributed by atoms with Crippen molar-refractivity contribution in [3.8, 4) is 0 Å². The number of hydrogen-bond acceptors (Lipinski definition) is 4. The third-order valence-electron chi connectivity index (χ3n) is 4.15. The van der Waals surface area contributed by atoms with Gasteiger partial charge in [0.1, 0.15) is 6.29 Å². The molecular weight excluding hydrogens is 280 g/mol. The van der Waals surface area contributed by atoms with Gasteiger partial charge in [0.05, 0.1) is 6.10 Å². The molecule has 1 fully saturated rings. The Labute approximate surface area is 131 Å². The summed E-state index contributed by atoms with van der Waals surface area (Å²) in [5.74, 6) is 0.534. The minimum Gasteiger partial charge on any atom is -0.390 e. The molecule has 1 unspecified atom stereocenters. The van der Waals surface area contributed by atoms with Crippen molar-refractivity contribution >= 4 is 12.2 Å². The first kappa shape index (κ1) is 16.6. The number of rotatable bonds is 6. The maximum atomic E-state index is 12.0. The molecule has 1 aromatic rings. The number of carbonyl (C=O) groups excluding carboxylic acids is 2. The number of aliphatic hydroxyl groups excluding tert-OH is 1. The second-order valence-electron chi connectivity index (χ2n) is 6.09. The van der Waals surface area contributed by atoms with E-state index in [1.54, 1.807) is 24.3 Å². The molecule has 1 aliphatic heterocycles. The van der Waals surface area contributed by atoms with E-state index in [9.17, 15) is 14.7 Å². The highest BCUT2D eigenvalue weighted by Crippen LogP contribution is 2.15. The highest BCUT2D eigenvalue weighted by Gasteiger charge is 2.18. The zero-order valence-electron chi connectivity index (χ0n) is 13.0. The second kappa shape index (κ2) is 8.06. The number of carbonyl (C=O) groups is 2. The third-order valence-corrected chi connectivity index (χ3v) is 4.15. The van der Waals surface area contributed by atoms with E-state index in [2.05, 4.69) is 17.1 Å². The van der Waals surface area contributed by atoms with Crippen LogP contribution in [0.15, 0.2) is 24.3 Å². The lowest BCUT2D eigenvalue weighted by Crippen LogP contribution is -2.43. The minimum atomic E-state index is -0.563. The molecule has 2 N–H and O–H groups in total. The summed E-state index contributed by atoms with van der Waals surface area (Å²) in [6.45, 7) is 5.11. The van der Waals surface area contributed by atoms with Crippen molar-refractivity contribution in [2.24, 2.45) is 5.92 Å². The molecule has 0 spiro atoms. The average molecular weight is 304 g/mol. The average Bonchev–Trinajstić information content (AvgIpc) is 2.55. The van der Waals surface area contributed by atoms with Crippen LogP contribution in [0.1, 0.15) is 40.5 Å². The molecule has 0 saturated carbocycles. The van der Waals surface area contributed by atoms with Crippen molar-refractivity contribution in [2.75, 3.05) is 26.2 Å². The number of amides is 1. The van der Waals surface area contributed by atoms with Crippen molar-refractivity contribution in [1.29, 1.82) is 0 Å². The zero-order valence-corrected chi connectivity index (χ0v) is 13.0. The van der Waals surface area contributed by atoms with Crippen molar-refractivity contribution in [3.63, 3.8) is 0 Å². The van der Waals surface area contributed by atoms with Crippen LogP contribution in [-0.2, 0) is 0 Å². The fourth-order valence-corrected chi connectivity index (χ4v) is 2.63. The summed E-state index contributed by atoms with van der Waals surface area (Å²) in [5.41, 5.74) is 1.03. The van der Waals surface area contributed by atoms with Crippen molar-refractivity contribution in [2.45, 2.75) is 25.9 Å². The first-order valence-corrected chi connectivity index (χ1v) is 7.82. The molecule has 1 atom stereocenters. The Hall–Kier alpha value is -1.72. The molecule has 0 bridgehead atoms. The first-order valence-electron chi connectivity index (χ1n) is 7.82. The number of hydrogen-bond donors (Lipinski definition) is 2. The van der Waals surface area contributed by atoms with E-state index in [0.29, 0.717) is 17.7 Å². The van der Waals surface area contributed by atoms with Crippen LogP contribution in [0.25, 0.3) is 0 Å². The van der Waals surface area contributed by atoms with E-state index in [-0.39, 0.29) is 12.5 Å². The molecule has 1 saturated heterocycles. The quantitative estimate of drug-likeness (QED) is 0.778. The van der Waals surface area contributed by atoms with Crippen LogP contribution in [-0.4, -0.2) is 54.5 Å². The molecule has 0 radical (unpaired) electrons. The topological polar surface area (TPSA) is 69.6 Å². The van der Waals surface area contributed by atoms with Gasteiger partial charge in [0.2, 0.25) is 0 Å². The largest absolute Gasteiger partial charge is 0.390 e. The molecule has 22 heavy (non-hydrogen) atoms. The molecule has 1 amide bonds. The van der Waals surface area contributed by atoms with E-state index in [0.717, 1.165) is 25.3 Å². The van der Waals surface area contributed by atoms with Crippen LogP contribution in [0.5, 0.6) is 0 Å². The molecule has 1 heterocycles. The Bertz CT molecular complexity index is 493. The number of β-amino-alcohol motifs (C(OH)–C–C–N with tert-alkyl or cyclic N) is 1. The third kappa shape index (κ3) is 4.93. The molecule has 120 valence electrons. The number of aldehydes is 1. The van der Waals surface area contributed by atoms with Crippen LogP contribution in [0.3, 0.4) is 0 Å². The molecule has 1 aliphatic rings. The Morgan fingerprint density at radius 2 is 2.00 bits per heavy atom. The fraction of sp³-hybridized carbons (Fsp3) is 0.529. The molecule has 2 rings (SSSR count). The predicted octanol–water partition coefficient (Wildman–Crippen LogP) is 1.32. The number of likely N-dealkylation sites (tertiary alicyclic amines) is 1. The van der Waals surface area contributed by atoms with Crippen LogP contribution in [0, 0.1) is 5.92 Å². The van der Waals surface area contributed by atoms with Gasteiger partial charge in [-0.2, -0.15) is 0 Å². The van der Waals surface area contributed by atoms with Crippen LogP contribution >= 0.6 is 0 Å². The Balaban J connectivity index is 1.74. The lowest BCUT2D eigenvalue weighted by molar-refractivity contribution is 0.0795. The zero-order chi connectivity index (χ0) is 15.9. The van der Waals surface area contributed by atoms with Gasteiger partial charge < -0.3 is 15.3 Å². The Morgan fingerprint density at radius 3 is 2.59 bits per heavy atom. The lowest BCUT2D eigenvalue weighted by atomic mass is 9.99. The molecule has 5 nitrogen and oxygen atoms in total. The summed E-state index contributed by atoms with van der Waals surface area (Å²) in [5, 5.41) is 12.8. The summed E-state index contributed by atoms with van der Waals surface area (Å²) in [6.07, 6.45) is 2.52. The highest BCUT2D eigenvalue weighted by atomic mass is 16.3. The van der Waals surface area contributed by atoms with E-state index < -0.39 is 6.10 Å². The molecule has 5 heteroatoms. The number of benzene rings is 1. The SMILES string of the molecule is CC1CCN(CC(O)CNC(=O)c2ccc(C=O)cc2)CC1. The molecule has 0 aromatic heterocycles. The first-order chi connectivity index (χ1) is 10.6. The predicted molar refractivity (Wildman–Crippen MR) is 85.0 cm³/mol. The standard InChI is InChI=1S/C17H24N2O3/c1-13-6-8-19(9-7-13)11-16(21)10-18-17(22)15-4-2-14(12-20)3-5-15/h2-5,12-13,16,21H,6-11H2,1H3,(H,18,22). The van der Waals surface area contributed by atoms with Gasteiger partial charge in [-0.15, -0.1) is 0 Å². The van der Waals surface area contributed by atoms with Gasteiger partial charge in [-0.05, 0) is 44.0 Å². The smallest absolute Gasteiger partial charge is 0.251 e.